The molecule has 0 aromatic rings. The van der Waals surface area contributed by atoms with Gasteiger partial charge in [0.25, 0.3) is 5.85 Å². The molecule has 0 amide bonds. The fraction of sp³-hybridized carbons (Fsp3) is 0.571. The van der Waals surface area contributed by atoms with Crippen molar-refractivity contribution in [1.29, 1.82) is 0 Å². The highest BCUT2D eigenvalue weighted by atomic mass is 19.2. The molecule has 1 fully saturated rings. The predicted molar refractivity (Wildman–Crippen MR) is 35.6 cm³/mol. The van der Waals surface area contributed by atoms with Gasteiger partial charge in [0.2, 0.25) is 6.36 Å². The lowest BCUT2D eigenvalue weighted by Crippen LogP contribution is -2.48. The van der Waals surface area contributed by atoms with E-state index in [0.29, 0.717) is 0 Å². The van der Waals surface area contributed by atoms with Gasteiger partial charge >= 0.3 is 5.97 Å². The predicted octanol–water partition coefficient (Wildman–Crippen LogP) is 1.10. The number of hydrogen-bond acceptors (Lipinski definition) is 3. The number of esters is 1. The van der Waals surface area contributed by atoms with Crippen molar-refractivity contribution in [3.05, 3.63) is 12.7 Å². The van der Waals surface area contributed by atoms with Crippen LogP contribution in [0.1, 0.15) is 6.42 Å². The molecule has 0 aliphatic carbocycles. The number of halogens is 2. The maximum atomic E-state index is 12.9. The van der Waals surface area contributed by atoms with Crippen molar-refractivity contribution in [1.82, 2.24) is 0 Å². The molecule has 0 spiro atoms. The van der Waals surface area contributed by atoms with Crippen molar-refractivity contribution >= 4 is 5.97 Å². The second kappa shape index (κ2) is 3.18. The van der Waals surface area contributed by atoms with Gasteiger partial charge in [0, 0.05) is 6.08 Å². The van der Waals surface area contributed by atoms with E-state index in [1.165, 1.54) is 0 Å². The number of carbonyl (C=O) groups excluding carboxylic acids is 1. The summed E-state index contributed by atoms with van der Waals surface area (Å²) >= 11 is 0. The second-order valence-corrected chi connectivity index (χ2v) is 2.43. The van der Waals surface area contributed by atoms with Gasteiger partial charge in [0.15, 0.2) is 6.61 Å². The lowest BCUT2D eigenvalue weighted by Gasteiger charge is -2.35. The quantitative estimate of drug-likeness (QED) is 0.479. The van der Waals surface area contributed by atoms with Gasteiger partial charge in [0.05, 0.1) is 6.42 Å². The fourth-order valence-electron chi connectivity index (χ4n) is 0.790. The summed E-state index contributed by atoms with van der Waals surface area (Å²) in [6.07, 6.45) is -1.08. The minimum absolute atomic E-state index is 0.391. The molecule has 0 bridgehead atoms. The summed E-state index contributed by atoms with van der Waals surface area (Å²) in [6, 6.07) is 0. The van der Waals surface area contributed by atoms with E-state index in [1.807, 2.05) is 0 Å². The Morgan fingerprint density at radius 1 is 1.92 bits per heavy atom. The highest BCUT2D eigenvalue weighted by Crippen LogP contribution is 2.34. The molecule has 1 aliphatic heterocycles. The van der Waals surface area contributed by atoms with Crippen LogP contribution in [-0.4, -0.2) is 24.8 Å². The van der Waals surface area contributed by atoms with Gasteiger partial charge < -0.3 is 9.47 Å². The van der Waals surface area contributed by atoms with Gasteiger partial charge in [-0.2, -0.15) is 0 Å². The Kier molecular flexibility index (Phi) is 2.42. The molecule has 1 saturated heterocycles. The van der Waals surface area contributed by atoms with Crippen LogP contribution >= 0.6 is 0 Å². The summed E-state index contributed by atoms with van der Waals surface area (Å²) in [4.78, 5) is 10.4. The normalized spacial score (nSPS) is 33.7. The average Bonchev–Trinajstić information content (AvgIpc) is 1.98. The van der Waals surface area contributed by atoms with Crippen molar-refractivity contribution in [3.63, 3.8) is 0 Å². The number of alkyl halides is 2. The van der Waals surface area contributed by atoms with Crippen molar-refractivity contribution < 1.29 is 23.0 Å². The zero-order valence-corrected chi connectivity index (χ0v) is 6.26. The van der Waals surface area contributed by atoms with E-state index in [4.69, 9.17) is 0 Å². The molecule has 0 aromatic heterocycles. The van der Waals surface area contributed by atoms with E-state index >= 15 is 0 Å². The second-order valence-electron chi connectivity index (χ2n) is 2.43. The fourth-order valence-corrected chi connectivity index (χ4v) is 0.790. The van der Waals surface area contributed by atoms with E-state index < -0.39 is 31.2 Å². The number of hydrogen-bond donors (Lipinski definition) is 0. The molecule has 0 aromatic carbocycles. The van der Waals surface area contributed by atoms with E-state index in [9.17, 15) is 13.6 Å². The van der Waals surface area contributed by atoms with Crippen LogP contribution < -0.4 is 0 Å². The van der Waals surface area contributed by atoms with Gasteiger partial charge in [-0.25, -0.2) is 13.6 Å². The number of carbonyl (C=O) groups is 1. The summed E-state index contributed by atoms with van der Waals surface area (Å²) in [5, 5.41) is 0. The smallest absolute Gasteiger partial charge is 0.330 e. The monoisotopic (exact) mass is 178 g/mol. The van der Waals surface area contributed by atoms with Crippen molar-refractivity contribution in [2.75, 3.05) is 6.61 Å². The lowest BCUT2D eigenvalue weighted by atomic mass is 10.1. The minimum atomic E-state index is -2.14. The first kappa shape index (κ1) is 9.12. The lowest BCUT2D eigenvalue weighted by molar-refractivity contribution is -0.330. The Morgan fingerprint density at radius 3 is 2.92 bits per heavy atom. The maximum absolute atomic E-state index is 12.9. The Labute approximate surface area is 68.0 Å². The van der Waals surface area contributed by atoms with Gasteiger partial charge in [-0.05, 0) is 0 Å². The van der Waals surface area contributed by atoms with Crippen molar-refractivity contribution in [2.45, 2.75) is 18.6 Å². The first-order chi connectivity index (χ1) is 5.56. The molecule has 0 radical (unpaired) electrons. The van der Waals surface area contributed by atoms with Crippen LogP contribution in [0.15, 0.2) is 12.7 Å². The highest BCUT2D eigenvalue weighted by molar-refractivity contribution is 5.81. The summed E-state index contributed by atoms with van der Waals surface area (Å²) in [5.74, 6) is -2.89. The summed E-state index contributed by atoms with van der Waals surface area (Å²) in [5.41, 5.74) is 0. The zero-order valence-electron chi connectivity index (χ0n) is 6.26. The van der Waals surface area contributed by atoms with Crippen molar-refractivity contribution in [3.8, 4) is 0 Å². The SMILES string of the molecule is C=CC(=O)OCC1(F)CC(F)O1. The van der Waals surface area contributed by atoms with Gasteiger partial charge in [0.1, 0.15) is 0 Å². The third kappa shape index (κ3) is 2.01. The number of ether oxygens (including phenoxy) is 2. The summed E-state index contributed by atoms with van der Waals surface area (Å²) in [6.45, 7) is 2.52. The maximum Gasteiger partial charge on any atom is 0.330 e. The molecule has 68 valence electrons. The molecule has 12 heavy (non-hydrogen) atoms. The van der Waals surface area contributed by atoms with Crippen LogP contribution in [0, 0.1) is 0 Å². The molecular weight excluding hydrogens is 170 g/mol. The largest absolute Gasteiger partial charge is 0.456 e. The number of rotatable bonds is 3. The highest BCUT2D eigenvalue weighted by Gasteiger charge is 2.48. The average molecular weight is 178 g/mol. The first-order valence-electron chi connectivity index (χ1n) is 3.36. The van der Waals surface area contributed by atoms with Crippen LogP contribution in [0.25, 0.3) is 0 Å². The van der Waals surface area contributed by atoms with Crippen LogP contribution in [-0.2, 0) is 14.3 Å². The summed E-state index contributed by atoms with van der Waals surface area (Å²) in [7, 11) is 0. The van der Waals surface area contributed by atoms with E-state index in [0.717, 1.165) is 6.08 Å². The van der Waals surface area contributed by atoms with Gasteiger partial charge in [-0.3, -0.25) is 0 Å². The van der Waals surface area contributed by atoms with Crippen molar-refractivity contribution in [2.24, 2.45) is 0 Å². The minimum Gasteiger partial charge on any atom is -0.456 e. The first-order valence-corrected chi connectivity index (χ1v) is 3.36. The molecule has 1 aliphatic rings. The molecule has 0 N–H and O–H groups in total. The Morgan fingerprint density at radius 2 is 2.50 bits per heavy atom. The standard InChI is InChI=1S/C7H8F2O3/c1-2-6(10)11-4-7(9)3-5(8)12-7/h2,5H,1,3-4H2. The molecule has 1 heterocycles. The van der Waals surface area contributed by atoms with Gasteiger partial charge in [-0.15, -0.1) is 0 Å². The third-order valence-electron chi connectivity index (χ3n) is 1.40. The molecule has 2 unspecified atom stereocenters. The molecule has 0 saturated carbocycles. The topological polar surface area (TPSA) is 35.5 Å². The van der Waals surface area contributed by atoms with Crippen LogP contribution in [0.5, 0.6) is 0 Å². The van der Waals surface area contributed by atoms with Crippen LogP contribution in [0.3, 0.4) is 0 Å². The molecule has 3 nitrogen and oxygen atoms in total. The third-order valence-corrected chi connectivity index (χ3v) is 1.40. The summed E-state index contributed by atoms with van der Waals surface area (Å²) < 4.78 is 33.3. The Balaban J connectivity index is 2.23. The van der Waals surface area contributed by atoms with Crippen LogP contribution in [0.4, 0.5) is 8.78 Å². The molecule has 5 heteroatoms. The van der Waals surface area contributed by atoms with Gasteiger partial charge in [-0.1, -0.05) is 6.58 Å². The van der Waals surface area contributed by atoms with E-state index in [2.05, 4.69) is 16.1 Å². The molecule has 2 atom stereocenters. The zero-order chi connectivity index (χ0) is 9.19. The Bertz CT molecular complexity index is 199. The Hall–Kier alpha value is -0.970. The van der Waals surface area contributed by atoms with E-state index in [-0.39, 0.29) is 0 Å². The molecular formula is C7H8F2O3. The molecule has 1 rings (SSSR count). The van der Waals surface area contributed by atoms with Crippen LogP contribution in [0.2, 0.25) is 0 Å². The van der Waals surface area contributed by atoms with E-state index in [1.54, 1.807) is 0 Å².